The third kappa shape index (κ3) is 3.34. The molecule has 3 heteroatoms. The first kappa shape index (κ1) is 15.7. The first-order valence-corrected chi connectivity index (χ1v) is 7.66. The molecule has 0 aromatic carbocycles. The predicted molar refractivity (Wildman–Crippen MR) is 82.7 cm³/mol. The van der Waals surface area contributed by atoms with Gasteiger partial charge in [0.15, 0.2) is 0 Å². The third-order valence-electron chi connectivity index (χ3n) is 4.84. The molecular formula is C18H24O3. The van der Waals surface area contributed by atoms with Gasteiger partial charge < -0.3 is 5.11 Å². The van der Waals surface area contributed by atoms with Gasteiger partial charge in [-0.25, -0.2) is 4.79 Å². The molecule has 1 saturated carbocycles. The van der Waals surface area contributed by atoms with Crippen LogP contribution in [-0.2, 0) is 9.59 Å². The molecule has 114 valence electrons. The molecule has 3 nitrogen and oxygen atoms in total. The van der Waals surface area contributed by atoms with Gasteiger partial charge in [0, 0.05) is 12.0 Å². The van der Waals surface area contributed by atoms with Crippen LogP contribution in [0.2, 0.25) is 0 Å². The molecule has 0 radical (unpaired) electrons. The van der Waals surface area contributed by atoms with Crippen molar-refractivity contribution in [1.82, 2.24) is 0 Å². The third-order valence-corrected chi connectivity index (χ3v) is 4.84. The highest BCUT2D eigenvalue weighted by Crippen LogP contribution is 2.46. The van der Waals surface area contributed by atoms with E-state index in [0.717, 1.165) is 18.9 Å². The molecule has 2 aliphatic carbocycles. The quantitative estimate of drug-likeness (QED) is 0.490. The van der Waals surface area contributed by atoms with Gasteiger partial charge in [-0.15, -0.1) is 0 Å². The van der Waals surface area contributed by atoms with E-state index in [0.29, 0.717) is 17.8 Å². The van der Waals surface area contributed by atoms with E-state index in [9.17, 15) is 9.59 Å². The smallest absolute Gasteiger partial charge is 0.328 e. The first-order valence-electron chi connectivity index (χ1n) is 7.66. The largest absolute Gasteiger partial charge is 0.478 e. The maximum atomic E-state index is 12.9. The zero-order valence-corrected chi connectivity index (χ0v) is 13.0. The molecule has 0 aliphatic heterocycles. The molecule has 0 saturated heterocycles. The molecule has 21 heavy (non-hydrogen) atoms. The van der Waals surface area contributed by atoms with Crippen molar-refractivity contribution in [2.24, 2.45) is 29.1 Å². The van der Waals surface area contributed by atoms with Crippen molar-refractivity contribution in [3.05, 3.63) is 36.5 Å². The second-order valence-electron chi connectivity index (χ2n) is 6.81. The zero-order chi connectivity index (χ0) is 15.6. The summed E-state index contributed by atoms with van der Waals surface area (Å²) in [7, 11) is 0. The summed E-state index contributed by atoms with van der Waals surface area (Å²) in [5, 5.41) is 8.58. The average molecular weight is 288 g/mol. The topological polar surface area (TPSA) is 54.4 Å². The van der Waals surface area contributed by atoms with E-state index in [2.05, 4.69) is 19.9 Å². The van der Waals surface area contributed by atoms with Crippen molar-refractivity contribution in [2.45, 2.75) is 33.6 Å². The first-order chi connectivity index (χ1) is 9.83. The van der Waals surface area contributed by atoms with Gasteiger partial charge in [0.05, 0.1) is 5.41 Å². The number of carbonyl (C=O) groups excluding carboxylic acids is 1. The van der Waals surface area contributed by atoms with Gasteiger partial charge in [-0.05, 0) is 37.5 Å². The Morgan fingerprint density at radius 1 is 1.33 bits per heavy atom. The van der Waals surface area contributed by atoms with Crippen molar-refractivity contribution < 1.29 is 14.7 Å². The Bertz CT molecular complexity index is 515. The Hall–Kier alpha value is -1.64. The molecular weight excluding hydrogens is 264 g/mol. The van der Waals surface area contributed by atoms with Gasteiger partial charge in [0.25, 0.3) is 0 Å². The summed E-state index contributed by atoms with van der Waals surface area (Å²) in [6.45, 7) is 6.35. The van der Waals surface area contributed by atoms with E-state index in [1.165, 1.54) is 6.08 Å². The summed E-state index contributed by atoms with van der Waals surface area (Å²) >= 11 is 0. The maximum absolute atomic E-state index is 12.9. The maximum Gasteiger partial charge on any atom is 0.328 e. The fourth-order valence-electron chi connectivity index (χ4n) is 3.86. The number of Topliss-reactive ketones (excluding diaryl/α,β-unsaturated/α-hetero) is 1. The van der Waals surface area contributed by atoms with Crippen LogP contribution in [0, 0.1) is 29.1 Å². The number of hydrogen-bond acceptors (Lipinski definition) is 2. The van der Waals surface area contributed by atoms with Gasteiger partial charge in [-0.1, -0.05) is 44.2 Å². The normalized spacial score (nSPS) is 39.9. The number of hydrogen-bond donors (Lipinski definition) is 1. The SMILES string of the molecule is C[C@@H]1C[C@H](C)[C@@H]2C(=O)[C@](C)(/C=C/C=C/C(=O)O)C=C[C@H]2C1. The predicted octanol–water partition coefficient (Wildman–Crippen LogP) is 3.63. The Morgan fingerprint density at radius 3 is 2.71 bits per heavy atom. The van der Waals surface area contributed by atoms with Gasteiger partial charge in [-0.2, -0.15) is 0 Å². The van der Waals surface area contributed by atoms with Crippen molar-refractivity contribution in [2.75, 3.05) is 0 Å². The number of ketones is 1. The molecule has 1 fully saturated rings. The molecule has 0 aromatic heterocycles. The standard InChI is InChI=1S/C18H24O3/c1-12-10-13(2)16-14(11-12)7-9-18(3,17(16)21)8-5-4-6-15(19)20/h4-9,12-14,16H,10-11H2,1-3H3,(H,19,20)/b6-4+,8-5+/t12-,13+,14+,16+,18-/m1/s1. The number of carbonyl (C=O) groups is 2. The van der Waals surface area contributed by atoms with Crippen LogP contribution in [0.4, 0.5) is 0 Å². The van der Waals surface area contributed by atoms with Crippen LogP contribution in [0.5, 0.6) is 0 Å². The highest BCUT2D eigenvalue weighted by molar-refractivity contribution is 5.92. The van der Waals surface area contributed by atoms with Crippen LogP contribution in [-0.4, -0.2) is 16.9 Å². The number of aliphatic carboxylic acids is 1. The molecule has 1 N–H and O–H groups in total. The number of carboxylic acid groups (broad SMARTS) is 1. The molecule has 2 rings (SSSR count). The number of rotatable bonds is 3. The van der Waals surface area contributed by atoms with Gasteiger partial charge in [-0.3, -0.25) is 4.79 Å². The van der Waals surface area contributed by atoms with E-state index < -0.39 is 11.4 Å². The Morgan fingerprint density at radius 2 is 2.05 bits per heavy atom. The van der Waals surface area contributed by atoms with Crippen LogP contribution in [0.3, 0.4) is 0 Å². The lowest BCUT2D eigenvalue weighted by atomic mass is 9.59. The fraction of sp³-hybridized carbons (Fsp3) is 0.556. The lowest BCUT2D eigenvalue weighted by molar-refractivity contribution is -0.133. The van der Waals surface area contributed by atoms with Gasteiger partial charge >= 0.3 is 5.97 Å². The summed E-state index contributed by atoms with van der Waals surface area (Å²) in [6, 6.07) is 0. The van der Waals surface area contributed by atoms with E-state index in [-0.39, 0.29) is 11.7 Å². The molecule has 2 aliphatic rings. The summed E-state index contributed by atoms with van der Waals surface area (Å²) in [6.07, 6.45) is 12.4. The minimum atomic E-state index is -0.981. The summed E-state index contributed by atoms with van der Waals surface area (Å²) < 4.78 is 0. The van der Waals surface area contributed by atoms with Crippen LogP contribution in [0.25, 0.3) is 0 Å². The molecule has 0 aromatic rings. The number of allylic oxidation sites excluding steroid dienone is 5. The van der Waals surface area contributed by atoms with Crippen molar-refractivity contribution in [1.29, 1.82) is 0 Å². The van der Waals surface area contributed by atoms with Gasteiger partial charge in [0.2, 0.25) is 0 Å². The van der Waals surface area contributed by atoms with E-state index >= 15 is 0 Å². The molecule has 0 heterocycles. The lowest BCUT2D eigenvalue weighted by Crippen LogP contribution is -2.44. The zero-order valence-electron chi connectivity index (χ0n) is 13.0. The van der Waals surface area contributed by atoms with Crippen molar-refractivity contribution in [3.63, 3.8) is 0 Å². The minimum Gasteiger partial charge on any atom is -0.478 e. The van der Waals surface area contributed by atoms with E-state index in [1.54, 1.807) is 6.08 Å². The Labute approximate surface area is 126 Å². The van der Waals surface area contributed by atoms with Crippen molar-refractivity contribution in [3.8, 4) is 0 Å². The van der Waals surface area contributed by atoms with Crippen LogP contribution in [0.1, 0.15) is 33.6 Å². The Kier molecular flexibility index (Phi) is 4.50. The van der Waals surface area contributed by atoms with Crippen LogP contribution in [0.15, 0.2) is 36.5 Å². The highest BCUT2D eigenvalue weighted by atomic mass is 16.4. The molecule has 0 spiro atoms. The van der Waals surface area contributed by atoms with Crippen molar-refractivity contribution >= 4 is 11.8 Å². The summed E-state index contributed by atoms with van der Waals surface area (Å²) in [5.41, 5.74) is -0.612. The molecule has 0 amide bonds. The Balaban J connectivity index is 2.20. The molecule has 5 atom stereocenters. The van der Waals surface area contributed by atoms with E-state index in [1.807, 2.05) is 19.1 Å². The average Bonchev–Trinajstić information content (AvgIpc) is 2.39. The second kappa shape index (κ2) is 6.00. The fourth-order valence-corrected chi connectivity index (χ4v) is 3.86. The molecule has 0 unspecified atom stereocenters. The highest BCUT2D eigenvalue weighted by Gasteiger charge is 2.45. The van der Waals surface area contributed by atoms with E-state index in [4.69, 9.17) is 5.11 Å². The second-order valence-corrected chi connectivity index (χ2v) is 6.81. The monoisotopic (exact) mass is 288 g/mol. The van der Waals surface area contributed by atoms with Gasteiger partial charge in [0.1, 0.15) is 5.78 Å². The van der Waals surface area contributed by atoms with Crippen LogP contribution < -0.4 is 0 Å². The number of carboxylic acids is 1. The summed E-state index contributed by atoms with van der Waals surface area (Å²) in [4.78, 5) is 23.3. The lowest BCUT2D eigenvalue weighted by Gasteiger charge is -2.43. The molecule has 0 bridgehead atoms. The minimum absolute atomic E-state index is 0.101. The summed E-state index contributed by atoms with van der Waals surface area (Å²) in [5.74, 6) is 0.854. The van der Waals surface area contributed by atoms with Crippen LogP contribution >= 0.6 is 0 Å². The number of fused-ring (bicyclic) bond motifs is 1.